The van der Waals surface area contributed by atoms with Crippen LogP contribution in [-0.2, 0) is 11.3 Å². The molecular formula is C21H24N2O. The maximum absolute atomic E-state index is 12.1. The predicted molar refractivity (Wildman–Crippen MR) is 100 cm³/mol. The number of fused-ring (bicyclic) bond motifs is 1. The van der Waals surface area contributed by atoms with Gasteiger partial charge in [-0.1, -0.05) is 55.5 Å². The molecule has 0 aliphatic heterocycles. The van der Waals surface area contributed by atoms with E-state index >= 15 is 0 Å². The molecule has 1 N–H and O–H groups in total. The van der Waals surface area contributed by atoms with Gasteiger partial charge in [0, 0.05) is 18.8 Å². The first-order valence-corrected chi connectivity index (χ1v) is 8.55. The highest BCUT2D eigenvalue weighted by Crippen LogP contribution is 2.32. The van der Waals surface area contributed by atoms with Crippen LogP contribution in [0.2, 0.25) is 0 Å². The smallest absolute Gasteiger partial charge is 0.239 e. The number of amides is 1. The van der Waals surface area contributed by atoms with E-state index in [2.05, 4.69) is 59.6 Å². The van der Waals surface area contributed by atoms with Crippen molar-refractivity contribution in [2.75, 3.05) is 18.0 Å². The van der Waals surface area contributed by atoms with Crippen molar-refractivity contribution in [3.63, 3.8) is 0 Å². The molecule has 0 bridgehead atoms. The van der Waals surface area contributed by atoms with Crippen molar-refractivity contribution in [1.29, 1.82) is 0 Å². The second kappa shape index (κ2) is 7.35. The Labute approximate surface area is 144 Å². The molecule has 1 aliphatic carbocycles. The third kappa shape index (κ3) is 3.67. The van der Waals surface area contributed by atoms with Gasteiger partial charge in [0.1, 0.15) is 0 Å². The van der Waals surface area contributed by atoms with E-state index in [9.17, 15) is 4.79 Å². The number of nitrogens with one attached hydrogen (secondary N) is 1. The molecule has 0 radical (unpaired) electrons. The summed E-state index contributed by atoms with van der Waals surface area (Å²) in [5.74, 6) is 0.526. The molecule has 0 spiro atoms. The monoisotopic (exact) mass is 320 g/mol. The quantitative estimate of drug-likeness (QED) is 0.874. The Morgan fingerprint density at radius 3 is 2.71 bits per heavy atom. The fraction of sp³-hybridized carbons (Fsp3) is 0.286. The number of hydrogen-bond acceptors (Lipinski definition) is 2. The van der Waals surface area contributed by atoms with Crippen molar-refractivity contribution < 1.29 is 4.79 Å². The Balaban J connectivity index is 1.86. The summed E-state index contributed by atoms with van der Waals surface area (Å²) in [5.41, 5.74) is 4.90. The SMILES string of the molecule is CCNC(=O)CN(Cc1ccccc1)c1ccc2c(c1)C=CC2C. The maximum Gasteiger partial charge on any atom is 0.239 e. The zero-order valence-electron chi connectivity index (χ0n) is 14.3. The van der Waals surface area contributed by atoms with Crippen LogP contribution >= 0.6 is 0 Å². The molecule has 3 heteroatoms. The molecule has 1 amide bonds. The van der Waals surface area contributed by atoms with Gasteiger partial charge in [-0.05, 0) is 41.7 Å². The van der Waals surface area contributed by atoms with E-state index in [0.29, 0.717) is 19.0 Å². The highest BCUT2D eigenvalue weighted by molar-refractivity contribution is 5.81. The lowest BCUT2D eigenvalue weighted by Crippen LogP contribution is -2.37. The number of carbonyl (C=O) groups excluding carboxylic acids is 1. The number of allylic oxidation sites excluding steroid dienone is 1. The molecule has 0 saturated carbocycles. The van der Waals surface area contributed by atoms with Crippen molar-refractivity contribution in [2.45, 2.75) is 26.3 Å². The van der Waals surface area contributed by atoms with Crippen LogP contribution in [-0.4, -0.2) is 19.0 Å². The van der Waals surface area contributed by atoms with Gasteiger partial charge >= 0.3 is 0 Å². The van der Waals surface area contributed by atoms with Gasteiger partial charge in [-0.2, -0.15) is 0 Å². The van der Waals surface area contributed by atoms with Crippen molar-refractivity contribution in [3.8, 4) is 0 Å². The molecule has 0 saturated heterocycles. The maximum atomic E-state index is 12.1. The van der Waals surface area contributed by atoms with E-state index in [-0.39, 0.29) is 5.91 Å². The van der Waals surface area contributed by atoms with Gasteiger partial charge in [-0.25, -0.2) is 0 Å². The lowest BCUT2D eigenvalue weighted by Gasteiger charge is -2.25. The fourth-order valence-electron chi connectivity index (χ4n) is 3.14. The summed E-state index contributed by atoms with van der Waals surface area (Å²) in [5, 5.41) is 2.90. The number of nitrogens with zero attached hydrogens (tertiary/aromatic N) is 1. The number of anilines is 1. The topological polar surface area (TPSA) is 32.3 Å². The molecule has 0 aromatic heterocycles. The summed E-state index contributed by atoms with van der Waals surface area (Å²) in [6.45, 7) is 5.89. The molecule has 124 valence electrons. The molecule has 2 aromatic carbocycles. The predicted octanol–water partition coefficient (Wildman–Crippen LogP) is 3.96. The highest BCUT2D eigenvalue weighted by atomic mass is 16.2. The summed E-state index contributed by atoms with van der Waals surface area (Å²) >= 11 is 0. The third-order valence-corrected chi connectivity index (χ3v) is 4.42. The first-order valence-electron chi connectivity index (χ1n) is 8.55. The summed E-state index contributed by atoms with van der Waals surface area (Å²) in [4.78, 5) is 14.3. The van der Waals surface area contributed by atoms with Crippen LogP contribution in [0.3, 0.4) is 0 Å². The zero-order valence-corrected chi connectivity index (χ0v) is 14.3. The second-order valence-electron chi connectivity index (χ2n) is 6.26. The number of rotatable bonds is 6. The normalized spacial score (nSPS) is 15.2. The second-order valence-corrected chi connectivity index (χ2v) is 6.26. The number of benzene rings is 2. The van der Waals surface area contributed by atoms with Crippen molar-refractivity contribution in [2.24, 2.45) is 0 Å². The molecular weight excluding hydrogens is 296 g/mol. The number of likely N-dealkylation sites (N-methyl/N-ethyl adjacent to an activating group) is 1. The summed E-state index contributed by atoms with van der Waals surface area (Å²) < 4.78 is 0. The van der Waals surface area contributed by atoms with Crippen LogP contribution < -0.4 is 10.2 Å². The Kier molecular flexibility index (Phi) is 4.99. The summed E-state index contributed by atoms with van der Waals surface area (Å²) in [6, 6.07) is 16.8. The minimum atomic E-state index is 0.0536. The van der Waals surface area contributed by atoms with Gasteiger partial charge in [0.05, 0.1) is 6.54 Å². The van der Waals surface area contributed by atoms with Crippen LogP contribution in [0, 0.1) is 0 Å². The largest absolute Gasteiger partial charge is 0.358 e. The van der Waals surface area contributed by atoms with Gasteiger partial charge in [-0.15, -0.1) is 0 Å². The van der Waals surface area contributed by atoms with Gasteiger partial charge in [-0.3, -0.25) is 4.79 Å². The van der Waals surface area contributed by atoms with Gasteiger partial charge in [0.25, 0.3) is 0 Å². The van der Waals surface area contributed by atoms with E-state index in [4.69, 9.17) is 0 Å². The first kappa shape index (κ1) is 16.3. The Bertz CT molecular complexity index is 737. The molecule has 3 nitrogen and oxygen atoms in total. The summed E-state index contributed by atoms with van der Waals surface area (Å²) in [7, 11) is 0. The molecule has 1 aliphatic rings. The third-order valence-electron chi connectivity index (χ3n) is 4.42. The van der Waals surface area contributed by atoms with E-state index in [1.165, 1.54) is 16.7 Å². The van der Waals surface area contributed by atoms with Crippen LogP contribution in [0.5, 0.6) is 0 Å². The fourth-order valence-corrected chi connectivity index (χ4v) is 3.14. The Hall–Kier alpha value is -2.55. The van der Waals surface area contributed by atoms with Crippen LogP contribution in [0.4, 0.5) is 5.69 Å². The molecule has 1 atom stereocenters. The lowest BCUT2D eigenvalue weighted by atomic mass is 10.0. The van der Waals surface area contributed by atoms with Crippen LogP contribution in [0.1, 0.15) is 36.5 Å². The lowest BCUT2D eigenvalue weighted by molar-refractivity contribution is -0.119. The average molecular weight is 320 g/mol. The summed E-state index contributed by atoms with van der Waals surface area (Å²) in [6.07, 6.45) is 4.40. The standard InChI is InChI=1S/C21H24N2O/c1-3-22-21(24)15-23(14-17-7-5-4-6-8-17)19-11-12-20-16(2)9-10-18(20)13-19/h4-13,16H,3,14-15H2,1-2H3,(H,22,24). The Morgan fingerprint density at radius 1 is 1.17 bits per heavy atom. The van der Waals surface area contributed by atoms with Crippen LogP contribution in [0.25, 0.3) is 6.08 Å². The van der Waals surface area contributed by atoms with Gasteiger partial charge < -0.3 is 10.2 Å². The van der Waals surface area contributed by atoms with Crippen molar-refractivity contribution in [3.05, 3.63) is 71.3 Å². The molecule has 3 rings (SSSR count). The molecule has 0 heterocycles. The van der Waals surface area contributed by atoms with Gasteiger partial charge in [0.2, 0.25) is 5.91 Å². The molecule has 0 fully saturated rings. The number of carbonyl (C=O) groups is 1. The van der Waals surface area contributed by atoms with E-state index in [1.807, 2.05) is 25.1 Å². The average Bonchev–Trinajstić information content (AvgIpc) is 2.96. The minimum absolute atomic E-state index is 0.0536. The highest BCUT2D eigenvalue weighted by Gasteiger charge is 2.17. The van der Waals surface area contributed by atoms with E-state index < -0.39 is 0 Å². The van der Waals surface area contributed by atoms with Crippen molar-refractivity contribution >= 4 is 17.7 Å². The van der Waals surface area contributed by atoms with Crippen molar-refractivity contribution in [1.82, 2.24) is 5.32 Å². The zero-order chi connectivity index (χ0) is 16.9. The molecule has 2 aromatic rings. The molecule has 24 heavy (non-hydrogen) atoms. The first-order chi connectivity index (χ1) is 11.7. The molecule has 1 unspecified atom stereocenters. The Morgan fingerprint density at radius 2 is 1.96 bits per heavy atom. The number of hydrogen-bond donors (Lipinski definition) is 1. The minimum Gasteiger partial charge on any atom is -0.358 e. The van der Waals surface area contributed by atoms with E-state index in [1.54, 1.807) is 0 Å². The van der Waals surface area contributed by atoms with E-state index in [0.717, 1.165) is 12.2 Å². The van der Waals surface area contributed by atoms with Gasteiger partial charge in [0.15, 0.2) is 0 Å². The van der Waals surface area contributed by atoms with Crippen LogP contribution in [0.15, 0.2) is 54.6 Å².